The van der Waals surface area contributed by atoms with Crippen molar-refractivity contribution in [1.29, 1.82) is 0 Å². The van der Waals surface area contributed by atoms with E-state index >= 15 is 0 Å². The molecule has 0 aliphatic carbocycles. The summed E-state index contributed by atoms with van der Waals surface area (Å²) in [6.45, 7) is 0.0763. The topological polar surface area (TPSA) is 81.7 Å². The highest BCUT2D eigenvalue weighted by molar-refractivity contribution is 7.92. The molecule has 0 atom stereocenters. The number of ketones is 1. The molecular formula is C15H13NO5S2. The first-order valence-electron chi connectivity index (χ1n) is 6.66. The molecule has 1 aliphatic heterocycles. The molecule has 120 valence electrons. The summed E-state index contributed by atoms with van der Waals surface area (Å²) in [4.78, 5) is 11.6. The van der Waals surface area contributed by atoms with Gasteiger partial charge in [-0.1, -0.05) is 0 Å². The second-order valence-electron chi connectivity index (χ2n) is 4.78. The van der Waals surface area contributed by atoms with E-state index in [2.05, 4.69) is 17.4 Å². The third kappa shape index (κ3) is 3.27. The van der Waals surface area contributed by atoms with Gasteiger partial charge in [0.05, 0.1) is 10.6 Å². The number of fused-ring (bicyclic) bond motifs is 1. The van der Waals surface area contributed by atoms with Gasteiger partial charge < -0.3 is 9.47 Å². The van der Waals surface area contributed by atoms with Crippen molar-refractivity contribution in [2.45, 2.75) is 4.90 Å². The van der Waals surface area contributed by atoms with Crippen molar-refractivity contribution < 1.29 is 22.7 Å². The fraction of sp³-hybridized carbons (Fsp3) is 0.133. The second kappa shape index (κ2) is 6.13. The fourth-order valence-corrected chi connectivity index (χ4v) is 3.33. The number of hydrogen-bond donors (Lipinski definition) is 2. The Morgan fingerprint density at radius 3 is 2.48 bits per heavy atom. The number of anilines is 1. The van der Waals surface area contributed by atoms with Crippen molar-refractivity contribution in [2.24, 2.45) is 0 Å². The Morgan fingerprint density at radius 2 is 1.78 bits per heavy atom. The smallest absolute Gasteiger partial charge is 0.262 e. The highest BCUT2D eigenvalue weighted by Gasteiger charge is 2.20. The highest BCUT2D eigenvalue weighted by Crippen LogP contribution is 2.34. The van der Waals surface area contributed by atoms with Crippen LogP contribution in [0.3, 0.4) is 0 Å². The first-order chi connectivity index (χ1) is 11.0. The lowest BCUT2D eigenvalue weighted by molar-refractivity contribution is 0.102. The van der Waals surface area contributed by atoms with Crippen LogP contribution in [0.1, 0.15) is 10.4 Å². The van der Waals surface area contributed by atoms with Gasteiger partial charge in [0.15, 0.2) is 17.3 Å². The minimum atomic E-state index is -3.76. The van der Waals surface area contributed by atoms with E-state index in [9.17, 15) is 13.2 Å². The van der Waals surface area contributed by atoms with Gasteiger partial charge in [0, 0.05) is 17.3 Å². The van der Waals surface area contributed by atoms with Crippen molar-refractivity contribution in [3.05, 3.63) is 48.0 Å². The molecule has 0 spiro atoms. The molecule has 2 aromatic carbocycles. The maximum absolute atomic E-state index is 12.4. The number of carbonyl (C=O) groups is 1. The Morgan fingerprint density at radius 1 is 1.09 bits per heavy atom. The van der Waals surface area contributed by atoms with Crippen molar-refractivity contribution in [3.8, 4) is 11.5 Å². The molecular weight excluding hydrogens is 338 g/mol. The molecule has 0 saturated heterocycles. The minimum absolute atomic E-state index is 0.0669. The Hall–Kier alpha value is -2.19. The quantitative estimate of drug-likeness (QED) is 0.638. The van der Waals surface area contributed by atoms with E-state index in [-0.39, 0.29) is 23.2 Å². The lowest BCUT2D eigenvalue weighted by Gasteiger charge is -2.09. The predicted octanol–water partition coefficient (Wildman–Crippen LogP) is 2.33. The molecule has 0 fully saturated rings. The standard InChI is InChI=1S/C15H13NO5S2/c17-13(8-22)10-1-3-11(4-2-10)16-23(18,19)12-5-6-14-15(7-12)21-9-20-14/h1-7,16,22H,8-9H2. The zero-order valence-corrected chi connectivity index (χ0v) is 13.6. The second-order valence-corrected chi connectivity index (χ2v) is 6.78. The lowest BCUT2D eigenvalue weighted by atomic mass is 10.1. The van der Waals surface area contributed by atoms with E-state index in [1.54, 1.807) is 18.2 Å². The fourth-order valence-electron chi connectivity index (χ4n) is 2.07. The average Bonchev–Trinajstić information content (AvgIpc) is 3.02. The normalized spacial score (nSPS) is 12.9. The van der Waals surface area contributed by atoms with Gasteiger partial charge in [-0.15, -0.1) is 0 Å². The number of benzene rings is 2. The first kappa shape index (κ1) is 15.7. The van der Waals surface area contributed by atoms with Crippen LogP contribution >= 0.6 is 12.6 Å². The first-order valence-corrected chi connectivity index (χ1v) is 8.78. The van der Waals surface area contributed by atoms with Gasteiger partial charge in [-0.2, -0.15) is 12.6 Å². The van der Waals surface area contributed by atoms with E-state index in [0.29, 0.717) is 22.7 Å². The molecule has 0 amide bonds. The Labute approximate surface area is 138 Å². The number of ether oxygens (including phenoxy) is 2. The molecule has 3 rings (SSSR count). The van der Waals surface area contributed by atoms with Gasteiger partial charge in [-0.25, -0.2) is 8.42 Å². The van der Waals surface area contributed by atoms with Gasteiger partial charge in [-0.3, -0.25) is 9.52 Å². The number of rotatable bonds is 5. The molecule has 2 aromatic rings. The van der Waals surface area contributed by atoms with Gasteiger partial charge in [0.25, 0.3) is 10.0 Å². The monoisotopic (exact) mass is 351 g/mol. The molecule has 1 heterocycles. The van der Waals surface area contributed by atoms with Crippen LogP contribution in [0.15, 0.2) is 47.4 Å². The molecule has 6 nitrogen and oxygen atoms in total. The third-order valence-corrected chi connectivity index (χ3v) is 4.92. The zero-order chi connectivity index (χ0) is 16.4. The van der Waals surface area contributed by atoms with E-state index in [0.717, 1.165) is 0 Å². The largest absolute Gasteiger partial charge is 0.454 e. The van der Waals surface area contributed by atoms with Gasteiger partial charge >= 0.3 is 0 Å². The van der Waals surface area contributed by atoms with Crippen LogP contribution in [0, 0.1) is 0 Å². The summed E-state index contributed by atoms with van der Waals surface area (Å²) in [5.41, 5.74) is 0.837. The number of thiol groups is 1. The molecule has 0 saturated carbocycles. The van der Waals surface area contributed by atoms with Crippen LogP contribution in [-0.4, -0.2) is 26.7 Å². The number of Topliss-reactive ketones (excluding diaryl/α,β-unsaturated/α-hetero) is 1. The maximum atomic E-state index is 12.4. The van der Waals surface area contributed by atoms with Crippen LogP contribution in [0.25, 0.3) is 0 Å². The number of nitrogens with one attached hydrogen (secondary N) is 1. The number of carbonyl (C=O) groups excluding carboxylic acids is 1. The molecule has 0 aromatic heterocycles. The average molecular weight is 351 g/mol. The Kier molecular flexibility index (Phi) is 4.18. The highest BCUT2D eigenvalue weighted by atomic mass is 32.2. The summed E-state index contributed by atoms with van der Waals surface area (Å²) in [5, 5.41) is 0. The SMILES string of the molecule is O=C(CS)c1ccc(NS(=O)(=O)c2ccc3c(c2)OCO3)cc1. The van der Waals surface area contributed by atoms with Crippen molar-refractivity contribution in [2.75, 3.05) is 17.3 Å². The summed E-state index contributed by atoms with van der Waals surface area (Å²) < 4.78 is 37.6. The van der Waals surface area contributed by atoms with E-state index in [4.69, 9.17) is 9.47 Å². The maximum Gasteiger partial charge on any atom is 0.262 e. The molecule has 0 bridgehead atoms. The van der Waals surface area contributed by atoms with Crippen LogP contribution in [0.2, 0.25) is 0 Å². The van der Waals surface area contributed by atoms with Crippen molar-refractivity contribution in [1.82, 2.24) is 0 Å². The molecule has 0 radical (unpaired) electrons. The van der Waals surface area contributed by atoms with Crippen molar-refractivity contribution in [3.63, 3.8) is 0 Å². The van der Waals surface area contributed by atoms with Crippen LogP contribution < -0.4 is 14.2 Å². The van der Waals surface area contributed by atoms with E-state index < -0.39 is 10.0 Å². The lowest BCUT2D eigenvalue weighted by Crippen LogP contribution is -2.13. The van der Waals surface area contributed by atoms with Crippen LogP contribution in [0.5, 0.6) is 11.5 Å². The van der Waals surface area contributed by atoms with Gasteiger partial charge in [-0.05, 0) is 36.4 Å². The zero-order valence-electron chi connectivity index (χ0n) is 11.9. The summed E-state index contributed by atoms with van der Waals surface area (Å²) in [6, 6.07) is 10.6. The van der Waals surface area contributed by atoms with Gasteiger partial charge in [0.2, 0.25) is 6.79 Å². The number of sulfonamides is 1. The van der Waals surface area contributed by atoms with Crippen molar-refractivity contribution >= 4 is 34.1 Å². The number of hydrogen-bond acceptors (Lipinski definition) is 6. The van der Waals surface area contributed by atoms with E-state index in [1.165, 1.54) is 24.3 Å². The van der Waals surface area contributed by atoms with Gasteiger partial charge in [0.1, 0.15) is 0 Å². The Balaban J connectivity index is 1.82. The minimum Gasteiger partial charge on any atom is -0.454 e. The molecule has 1 aliphatic rings. The molecule has 0 unspecified atom stereocenters. The molecule has 8 heteroatoms. The van der Waals surface area contributed by atoms with Crippen LogP contribution in [-0.2, 0) is 10.0 Å². The summed E-state index contributed by atoms with van der Waals surface area (Å²) >= 11 is 3.92. The molecule has 23 heavy (non-hydrogen) atoms. The summed E-state index contributed by atoms with van der Waals surface area (Å²) in [5.74, 6) is 0.877. The predicted molar refractivity (Wildman–Crippen MR) is 88.0 cm³/mol. The summed E-state index contributed by atoms with van der Waals surface area (Å²) in [7, 11) is -3.76. The Bertz CT molecular complexity index is 847. The third-order valence-electron chi connectivity index (χ3n) is 3.26. The molecule has 1 N–H and O–H groups in total. The van der Waals surface area contributed by atoms with Crippen LogP contribution in [0.4, 0.5) is 5.69 Å². The van der Waals surface area contributed by atoms with E-state index in [1.807, 2.05) is 0 Å². The summed E-state index contributed by atoms with van der Waals surface area (Å²) in [6.07, 6.45) is 0.